The molecule has 0 bridgehead atoms. The van der Waals surface area contributed by atoms with Gasteiger partial charge in [-0.2, -0.15) is 0 Å². The monoisotopic (exact) mass is 484 g/mol. The van der Waals surface area contributed by atoms with Crippen LogP contribution >= 0.6 is 0 Å². The van der Waals surface area contributed by atoms with E-state index in [-0.39, 0.29) is 16.9 Å². The van der Waals surface area contributed by atoms with E-state index in [2.05, 4.69) is 35.8 Å². The number of methoxy groups -OCH3 is 1. The smallest absolute Gasteiger partial charge is 0.255 e. The van der Waals surface area contributed by atoms with Crippen molar-refractivity contribution in [1.82, 2.24) is 20.0 Å². The molecule has 3 aromatic rings. The molecule has 3 heterocycles. The van der Waals surface area contributed by atoms with Gasteiger partial charge < -0.3 is 15.0 Å². The zero-order valence-corrected chi connectivity index (χ0v) is 21.0. The van der Waals surface area contributed by atoms with Crippen molar-refractivity contribution in [2.75, 3.05) is 26.5 Å². The molecule has 8 nitrogen and oxygen atoms in total. The molecule has 182 valence electrons. The molecule has 1 fully saturated rings. The summed E-state index contributed by atoms with van der Waals surface area (Å²) in [6.07, 6.45) is 5.34. The number of nitrogens with one attached hydrogen (secondary N) is 3. The van der Waals surface area contributed by atoms with Crippen molar-refractivity contribution >= 4 is 20.9 Å². The van der Waals surface area contributed by atoms with E-state index in [1.807, 2.05) is 12.1 Å². The third-order valence-corrected chi connectivity index (χ3v) is 7.01. The van der Waals surface area contributed by atoms with Crippen molar-refractivity contribution in [3.05, 3.63) is 58.1 Å². The normalized spacial score (nSPS) is 17.7. The Bertz CT molecular complexity index is 1370. The number of benzene rings is 1. The van der Waals surface area contributed by atoms with Crippen LogP contribution in [-0.4, -0.2) is 44.8 Å². The average Bonchev–Trinajstić information content (AvgIpc) is 3.30. The van der Waals surface area contributed by atoms with Crippen molar-refractivity contribution in [2.24, 2.45) is 5.92 Å². The van der Waals surface area contributed by atoms with Crippen LogP contribution in [0.3, 0.4) is 0 Å². The van der Waals surface area contributed by atoms with Crippen molar-refractivity contribution in [2.45, 2.75) is 38.6 Å². The summed E-state index contributed by atoms with van der Waals surface area (Å²) in [5.41, 5.74) is 3.10. The van der Waals surface area contributed by atoms with Gasteiger partial charge in [0.05, 0.1) is 24.9 Å². The highest BCUT2D eigenvalue weighted by Crippen LogP contribution is 2.42. The minimum Gasteiger partial charge on any atom is -0.496 e. The van der Waals surface area contributed by atoms with Gasteiger partial charge in [-0.25, -0.2) is 13.1 Å². The Balaban J connectivity index is 2.02. The molecule has 0 aliphatic carbocycles. The van der Waals surface area contributed by atoms with Crippen LogP contribution in [0.4, 0.5) is 0 Å². The molecule has 2 aromatic heterocycles. The highest BCUT2D eigenvalue weighted by atomic mass is 32.2. The third kappa shape index (κ3) is 4.87. The van der Waals surface area contributed by atoms with Gasteiger partial charge in [-0.05, 0) is 60.7 Å². The molecule has 34 heavy (non-hydrogen) atoms. The number of aromatic nitrogens is 2. The Morgan fingerprint density at radius 1 is 1.24 bits per heavy atom. The Labute approximate surface area is 200 Å². The van der Waals surface area contributed by atoms with E-state index in [1.54, 1.807) is 31.6 Å². The van der Waals surface area contributed by atoms with Gasteiger partial charge in [-0.3, -0.25) is 9.78 Å². The van der Waals surface area contributed by atoms with Crippen LogP contribution in [0.2, 0.25) is 0 Å². The number of nitrogens with zero attached hydrogens (tertiary/aromatic N) is 1. The fourth-order valence-electron chi connectivity index (χ4n) is 4.71. The predicted octanol–water partition coefficient (Wildman–Crippen LogP) is 3.10. The van der Waals surface area contributed by atoms with E-state index in [0.717, 1.165) is 36.0 Å². The summed E-state index contributed by atoms with van der Waals surface area (Å²) in [6.45, 7) is 7.82. The van der Waals surface area contributed by atoms with Crippen molar-refractivity contribution < 1.29 is 13.2 Å². The highest BCUT2D eigenvalue weighted by molar-refractivity contribution is 7.88. The second kappa shape index (κ2) is 9.13. The third-order valence-electron chi connectivity index (χ3n) is 6.33. The van der Waals surface area contributed by atoms with E-state index in [0.29, 0.717) is 22.4 Å². The van der Waals surface area contributed by atoms with Crippen LogP contribution in [0, 0.1) is 5.92 Å². The van der Waals surface area contributed by atoms with E-state index >= 15 is 0 Å². The van der Waals surface area contributed by atoms with Crippen molar-refractivity contribution in [3.63, 3.8) is 0 Å². The quantitative estimate of drug-likeness (QED) is 0.496. The summed E-state index contributed by atoms with van der Waals surface area (Å²) >= 11 is 0. The number of aromatic amines is 1. The Kier molecular flexibility index (Phi) is 6.54. The number of pyridine rings is 2. The number of fused-ring (bicyclic) bond motifs is 1. The molecular weight excluding hydrogens is 452 g/mol. The molecule has 1 saturated heterocycles. The van der Waals surface area contributed by atoms with Gasteiger partial charge in [0, 0.05) is 34.5 Å². The molecule has 0 saturated carbocycles. The molecule has 2 atom stereocenters. The zero-order valence-electron chi connectivity index (χ0n) is 20.2. The molecule has 0 spiro atoms. The zero-order chi connectivity index (χ0) is 24.7. The predicted molar refractivity (Wildman–Crippen MR) is 135 cm³/mol. The lowest BCUT2D eigenvalue weighted by Gasteiger charge is -2.27. The van der Waals surface area contributed by atoms with Gasteiger partial charge in [0.2, 0.25) is 10.0 Å². The molecule has 0 amide bonds. The first-order chi connectivity index (χ1) is 16.0. The van der Waals surface area contributed by atoms with Crippen molar-refractivity contribution in [3.8, 4) is 16.9 Å². The number of ether oxygens (including phenoxy) is 1. The lowest BCUT2D eigenvalue weighted by atomic mass is 9.82. The molecule has 0 radical (unpaired) electrons. The van der Waals surface area contributed by atoms with Gasteiger partial charge in [0.25, 0.3) is 5.56 Å². The number of hydrogen-bond acceptors (Lipinski definition) is 6. The fourth-order valence-corrected chi connectivity index (χ4v) is 5.50. The lowest BCUT2D eigenvalue weighted by Crippen LogP contribution is -2.33. The first-order valence-corrected chi connectivity index (χ1v) is 13.3. The maximum absolute atomic E-state index is 12.7. The Morgan fingerprint density at radius 2 is 2.00 bits per heavy atom. The van der Waals surface area contributed by atoms with Crippen molar-refractivity contribution in [1.29, 1.82) is 0 Å². The molecule has 1 aromatic carbocycles. The fraction of sp³-hybridized carbons (Fsp3) is 0.440. The maximum atomic E-state index is 12.7. The van der Waals surface area contributed by atoms with Gasteiger partial charge in [0.15, 0.2) is 0 Å². The van der Waals surface area contributed by atoms with Crippen LogP contribution in [0.1, 0.15) is 44.4 Å². The molecular formula is C25H32N4O4S. The number of rotatable bonds is 6. The van der Waals surface area contributed by atoms with E-state index in [1.165, 1.54) is 6.26 Å². The van der Waals surface area contributed by atoms with Crippen LogP contribution in [-0.2, 0) is 15.4 Å². The summed E-state index contributed by atoms with van der Waals surface area (Å²) < 4.78 is 33.1. The number of sulfonamides is 1. The van der Waals surface area contributed by atoms with E-state index in [9.17, 15) is 13.2 Å². The maximum Gasteiger partial charge on any atom is 0.255 e. The van der Waals surface area contributed by atoms with Gasteiger partial charge in [0.1, 0.15) is 5.75 Å². The second-order valence-corrected chi connectivity index (χ2v) is 11.7. The Morgan fingerprint density at radius 3 is 2.59 bits per heavy atom. The summed E-state index contributed by atoms with van der Waals surface area (Å²) in [4.78, 5) is 20.2. The number of hydrogen-bond donors (Lipinski definition) is 3. The Hall–Kier alpha value is -2.75. The van der Waals surface area contributed by atoms with Crippen LogP contribution in [0.5, 0.6) is 5.75 Å². The highest BCUT2D eigenvalue weighted by Gasteiger charge is 2.30. The van der Waals surface area contributed by atoms with Crippen LogP contribution in [0.15, 0.2) is 41.5 Å². The second-order valence-electron chi connectivity index (χ2n) is 9.95. The topological polar surface area (TPSA) is 113 Å². The van der Waals surface area contributed by atoms with E-state index < -0.39 is 16.1 Å². The van der Waals surface area contributed by atoms with Gasteiger partial charge >= 0.3 is 0 Å². The summed E-state index contributed by atoms with van der Waals surface area (Å²) in [6, 6.07) is 7.08. The molecule has 1 aliphatic rings. The lowest BCUT2D eigenvalue weighted by molar-refractivity contribution is 0.402. The minimum absolute atomic E-state index is 0.0993. The number of H-pyrrole nitrogens is 1. The minimum atomic E-state index is -3.45. The summed E-state index contributed by atoms with van der Waals surface area (Å²) in [5, 5.41) is 4.06. The van der Waals surface area contributed by atoms with Gasteiger partial charge in [-0.15, -0.1) is 0 Å². The largest absolute Gasteiger partial charge is 0.496 e. The molecule has 4 rings (SSSR count). The van der Waals surface area contributed by atoms with Crippen LogP contribution in [0.25, 0.3) is 22.0 Å². The van der Waals surface area contributed by atoms with Gasteiger partial charge in [-0.1, -0.05) is 20.8 Å². The van der Waals surface area contributed by atoms with E-state index in [4.69, 9.17) is 9.72 Å². The molecule has 9 heteroatoms. The average molecular weight is 485 g/mol. The SMILES string of the molecule is COc1c(C(C)(C)C)cc(-c2ccc[nH]c2=O)c2ncc([C@@H](NS(C)(=O)=O)C3CCNC3)cc12. The first-order valence-electron chi connectivity index (χ1n) is 11.4. The standard InChI is InChI=1S/C25H32N4O4S/c1-25(2,3)20-12-18(17-7-6-9-27-24(17)30)22-19(23(20)33-4)11-16(14-28-22)21(29-34(5,31)32)15-8-10-26-13-15/h6-7,9,11-12,14-15,21,26,29H,8,10,13H2,1-5H3,(H,27,30)/t15?,21-/m0/s1. The molecule has 1 unspecified atom stereocenters. The van der Waals surface area contributed by atoms with Crippen LogP contribution < -0.4 is 20.3 Å². The summed E-state index contributed by atoms with van der Waals surface area (Å²) in [7, 11) is -1.82. The first kappa shape index (κ1) is 24.4. The summed E-state index contributed by atoms with van der Waals surface area (Å²) in [5.74, 6) is 0.776. The molecule has 1 aliphatic heterocycles. The molecule has 3 N–H and O–H groups in total.